The fraction of sp³-hybridized carbons (Fsp3) is 0.118. The van der Waals surface area contributed by atoms with Gasteiger partial charge in [0.25, 0.3) is 0 Å². The number of hydrogen-bond acceptors (Lipinski definition) is 7. The summed E-state index contributed by atoms with van der Waals surface area (Å²) in [6.07, 6.45) is 0. The van der Waals surface area contributed by atoms with E-state index in [1.165, 1.54) is 12.1 Å². The molecule has 2 aromatic rings. The minimum atomic E-state index is -4.34. The molecule has 0 radical (unpaired) electrons. The third kappa shape index (κ3) is 2.67. The first-order chi connectivity index (χ1) is 12.2. The predicted octanol–water partition coefficient (Wildman–Crippen LogP) is 1.04. The highest BCUT2D eigenvalue weighted by Crippen LogP contribution is 2.43. The second kappa shape index (κ2) is 6.04. The van der Waals surface area contributed by atoms with Crippen LogP contribution in [-0.4, -0.2) is 33.1 Å². The fourth-order valence-electron chi connectivity index (χ4n) is 2.83. The number of nitrogens with two attached hydrogens (primary N) is 1. The number of sulfonamides is 1. The molecular weight excluding hydrogens is 362 g/mol. The molecule has 9 heteroatoms. The first-order valence-electron chi connectivity index (χ1n) is 7.31. The van der Waals surface area contributed by atoms with Crippen molar-refractivity contribution < 1.29 is 32.3 Å². The largest absolute Gasteiger partial charge is 0.492 e. The molecule has 0 spiro atoms. The second-order valence-corrected chi connectivity index (χ2v) is 7.03. The van der Waals surface area contributed by atoms with Crippen molar-refractivity contribution in [3.05, 3.63) is 52.6 Å². The van der Waals surface area contributed by atoms with Gasteiger partial charge in [0.2, 0.25) is 10.0 Å². The number of hydrogen-bond donors (Lipinski definition) is 1. The van der Waals surface area contributed by atoms with Crippen LogP contribution in [0.5, 0.6) is 11.5 Å². The maximum atomic E-state index is 12.9. The van der Waals surface area contributed by atoms with E-state index in [1.807, 2.05) is 0 Å². The highest BCUT2D eigenvalue weighted by Gasteiger charge is 2.37. The lowest BCUT2D eigenvalue weighted by Gasteiger charge is -2.22. The normalized spacial score (nSPS) is 13.0. The minimum Gasteiger partial charge on any atom is -0.492 e. The highest BCUT2D eigenvalue weighted by atomic mass is 32.2. The summed E-state index contributed by atoms with van der Waals surface area (Å²) in [6.45, 7) is 1.07. The van der Waals surface area contributed by atoms with Crippen LogP contribution in [0.3, 0.4) is 0 Å². The van der Waals surface area contributed by atoms with Crippen LogP contribution in [0.15, 0.2) is 35.2 Å². The smallest absolute Gasteiger partial charge is 0.308 e. The predicted molar refractivity (Wildman–Crippen MR) is 89.0 cm³/mol. The molecule has 2 aromatic carbocycles. The zero-order valence-electron chi connectivity index (χ0n) is 13.7. The van der Waals surface area contributed by atoms with E-state index in [-0.39, 0.29) is 22.3 Å². The Hall–Kier alpha value is -3.04. The van der Waals surface area contributed by atoms with Gasteiger partial charge in [-0.25, -0.2) is 13.6 Å². The molecule has 0 atom stereocenters. The number of ether oxygens (including phenoxy) is 2. The SMILES string of the molecule is COc1c(S(N)(=O)=O)cc2c(c1OC(C)=O)C(=O)c1ccccc1C2=O. The Bertz CT molecular complexity index is 1090. The lowest BCUT2D eigenvalue weighted by molar-refractivity contribution is -0.132. The Morgan fingerprint density at radius 3 is 2.08 bits per heavy atom. The van der Waals surface area contributed by atoms with Gasteiger partial charge < -0.3 is 9.47 Å². The van der Waals surface area contributed by atoms with Gasteiger partial charge in [-0.1, -0.05) is 24.3 Å². The van der Waals surface area contributed by atoms with Gasteiger partial charge in [0, 0.05) is 23.6 Å². The van der Waals surface area contributed by atoms with E-state index in [1.54, 1.807) is 12.1 Å². The molecule has 2 N–H and O–H groups in total. The summed E-state index contributed by atoms with van der Waals surface area (Å²) in [5.74, 6) is -2.87. The number of ketones is 2. The molecule has 3 rings (SSSR count). The number of benzene rings is 2. The van der Waals surface area contributed by atoms with Gasteiger partial charge in [-0.15, -0.1) is 0 Å². The zero-order valence-corrected chi connectivity index (χ0v) is 14.5. The fourth-order valence-corrected chi connectivity index (χ4v) is 3.54. The summed E-state index contributed by atoms with van der Waals surface area (Å²) in [7, 11) is -3.20. The van der Waals surface area contributed by atoms with Crippen LogP contribution in [0.4, 0.5) is 0 Å². The molecule has 26 heavy (non-hydrogen) atoms. The number of primary sulfonamides is 1. The number of esters is 1. The van der Waals surface area contributed by atoms with Crippen LogP contribution in [0.1, 0.15) is 38.8 Å². The molecule has 0 amide bonds. The number of fused-ring (bicyclic) bond motifs is 2. The van der Waals surface area contributed by atoms with Crippen LogP contribution >= 0.6 is 0 Å². The van der Waals surface area contributed by atoms with Crippen molar-refractivity contribution >= 4 is 27.6 Å². The Kier molecular flexibility index (Phi) is 4.13. The molecule has 0 aromatic heterocycles. The number of carbonyl (C=O) groups excluding carboxylic acids is 3. The molecular formula is C17H13NO7S. The Balaban J connectivity index is 2.46. The summed E-state index contributed by atoms with van der Waals surface area (Å²) in [5.41, 5.74) is -0.240. The van der Waals surface area contributed by atoms with Gasteiger partial charge in [0.1, 0.15) is 4.90 Å². The molecule has 1 aliphatic carbocycles. The Morgan fingerprint density at radius 2 is 1.58 bits per heavy atom. The van der Waals surface area contributed by atoms with E-state index in [0.29, 0.717) is 0 Å². The van der Waals surface area contributed by atoms with Gasteiger partial charge >= 0.3 is 5.97 Å². The highest BCUT2D eigenvalue weighted by molar-refractivity contribution is 7.89. The molecule has 0 unspecified atom stereocenters. The maximum Gasteiger partial charge on any atom is 0.308 e. The molecule has 1 aliphatic rings. The van der Waals surface area contributed by atoms with Crippen molar-refractivity contribution in [1.29, 1.82) is 0 Å². The molecule has 0 saturated carbocycles. The van der Waals surface area contributed by atoms with Gasteiger partial charge in [-0.3, -0.25) is 14.4 Å². The molecule has 0 saturated heterocycles. The molecule has 8 nitrogen and oxygen atoms in total. The van der Waals surface area contributed by atoms with Crippen LogP contribution in [0.25, 0.3) is 0 Å². The average Bonchev–Trinajstić information content (AvgIpc) is 2.57. The van der Waals surface area contributed by atoms with Crippen LogP contribution < -0.4 is 14.6 Å². The molecule has 0 heterocycles. The van der Waals surface area contributed by atoms with E-state index in [0.717, 1.165) is 20.1 Å². The zero-order chi connectivity index (χ0) is 19.2. The summed E-state index contributed by atoms with van der Waals surface area (Å²) in [5, 5.41) is 5.20. The third-order valence-electron chi connectivity index (χ3n) is 3.85. The monoisotopic (exact) mass is 375 g/mol. The first kappa shape index (κ1) is 17.8. The maximum absolute atomic E-state index is 12.9. The van der Waals surface area contributed by atoms with Gasteiger partial charge in [-0.05, 0) is 6.07 Å². The van der Waals surface area contributed by atoms with E-state index < -0.39 is 44.0 Å². The summed E-state index contributed by atoms with van der Waals surface area (Å²) in [4.78, 5) is 36.7. The van der Waals surface area contributed by atoms with E-state index >= 15 is 0 Å². The minimum absolute atomic E-state index is 0.115. The van der Waals surface area contributed by atoms with E-state index in [4.69, 9.17) is 14.6 Å². The van der Waals surface area contributed by atoms with Crippen molar-refractivity contribution in [3.8, 4) is 11.5 Å². The quantitative estimate of drug-likeness (QED) is 0.535. The van der Waals surface area contributed by atoms with Gasteiger partial charge in [0.15, 0.2) is 23.1 Å². The summed E-state index contributed by atoms with van der Waals surface area (Å²) < 4.78 is 34.0. The lowest BCUT2D eigenvalue weighted by atomic mass is 9.83. The molecule has 0 aliphatic heterocycles. The molecule has 134 valence electrons. The summed E-state index contributed by atoms with van der Waals surface area (Å²) in [6, 6.07) is 7.02. The van der Waals surface area contributed by atoms with Crippen molar-refractivity contribution in [2.24, 2.45) is 5.14 Å². The van der Waals surface area contributed by atoms with Crippen molar-refractivity contribution in [2.45, 2.75) is 11.8 Å². The Morgan fingerprint density at radius 1 is 1.00 bits per heavy atom. The van der Waals surface area contributed by atoms with Crippen molar-refractivity contribution in [1.82, 2.24) is 0 Å². The van der Waals surface area contributed by atoms with Crippen LogP contribution in [0, 0.1) is 0 Å². The lowest BCUT2D eigenvalue weighted by Crippen LogP contribution is -2.25. The Labute approximate surface area is 148 Å². The average molecular weight is 375 g/mol. The van der Waals surface area contributed by atoms with Crippen molar-refractivity contribution in [2.75, 3.05) is 7.11 Å². The number of rotatable bonds is 3. The topological polar surface area (TPSA) is 130 Å². The summed E-state index contributed by atoms with van der Waals surface area (Å²) >= 11 is 0. The number of methoxy groups -OCH3 is 1. The van der Waals surface area contributed by atoms with Gasteiger partial charge in [0.05, 0.1) is 12.7 Å². The van der Waals surface area contributed by atoms with E-state index in [2.05, 4.69) is 0 Å². The standard InChI is InChI=1S/C17H13NO7S/c1-8(19)25-17-13-11(7-12(16(17)24-2)26(18,22)23)14(20)9-5-3-4-6-10(9)15(13)21/h3-7H,1-2H3,(H2,18,22,23). The second-order valence-electron chi connectivity index (χ2n) is 5.50. The third-order valence-corrected chi connectivity index (χ3v) is 4.76. The van der Waals surface area contributed by atoms with Gasteiger partial charge in [-0.2, -0.15) is 0 Å². The van der Waals surface area contributed by atoms with Crippen LogP contribution in [0.2, 0.25) is 0 Å². The van der Waals surface area contributed by atoms with Crippen molar-refractivity contribution in [3.63, 3.8) is 0 Å². The van der Waals surface area contributed by atoms with Crippen LogP contribution in [-0.2, 0) is 14.8 Å². The first-order valence-corrected chi connectivity index (χ1v) is 8.86. The molecule has 0 fully saturated rings. The number of carbonyl (C=O) groups is 3. The molecule has 0 bridgehead atoms. The van der Waals surface area contributed by atoms with E-state index in [9.17, 15) is 22.8 Å².